The molecule has 32 heavy (non-hydrogen) atoms. The number of benzene rings is 1. The number of aromatic nitrogens is 3. The van der Waals surface area contributed by atoms with E-state index in [-0.39, 0.29) is 46.2 Å². The Balaban J connectivity index is 1.53. The number of pyridine rings is 1. The van der Waals surface area contributed by atoms with Gasteiger partial charge in [0.25, 0.3) is 5.91 Å². The number of carbonyl (C=O) groups is 1. The molecule has 0 aliphatic carbocycles. The summed E-state index contributed by atoms with van der Waals surface area (Å²) in [5.41, 5.74) is -0.292. The maximum Gasteiger partial charge on any atom is 0.274 e. The van der Waals surface area contributed by atoms with Crippen molar-refractivity contribution in [1.82, 2.24) is 19.7 Å². The van der Waals surface area contributed by atoms with Crippen molar-refractivity contribution in [3.8, 4) is 16.3 Å². The third-order valence-corrected chi connectivity index (χ3v) is 7.23. The molecule has 3 aromatic rings. The highest BCUT2D eigenvalue weighted by molar-refractivity contribution is 7.14. The Labute approximate surface area is 186 Å². The molecule has 4 heterocycles. The number of halogens is 2. The Kier molecular flexibility index (Phi) is 5.04. The first-order valence-corrected chi connectivity index (χ1v) is 11.2. The van der Waals surface area contributed by atoms with E-state index < -0.39 is 22.8 Å². The second-order valence-corrected chi connectivity index (χ2v) is 9.25. The fourth-order valence-corrected chi connectivity index (χ4v) is 5.47. The first-order chi connectivity index (χ1) is 15.3. The highest BCUT2D eigenvalue weighted by Crippen LogP contribution is 2.37. The van der Waals surface area contributed by atoms with Crippen LogP contribution in [0.1, 0.15) is 53.3 Å². The summed E-state index contributed by atoms with van der Waals surface area (Å²) in [5, 5.41) is 19.5. The minimum absolute atomic E-state index is 0.00234. The quantitative estimate of drug-likeness (QED) is 0.649. The molecular weight excluding hydrogens is 438 g/mol. The first kappa shape index (κ1) is 20.7. The van der Waals surface area contributed by atoms with E-state index in [9.17, 15) is 23.5 Å². The van der Waals surface area contributed by atoms with E-state index in [1.165, 1.54) is 12.1 Å². The molecule has 1 N–H and O–H groups in total. The van der Waals surface area contributed by atoms with E-state index >= 15 is 0 Å². The van der Waals surface area contributed by atoms with Crippen molar-refractivity contribution in [3.63, 3.8) is 0 Å². The highest BCUT2D eigenvalue weighted by Gasteiger charge is 2.41. The van der Waals surface area contributed by atoms with Gasteiger partial charge in [-0.2, -0.15) is 0 Å². The molecule has 0 bridgehead atoms. The monoisotopic (exact) mass is 458 g/mol. The summed E-state index contributed by atoms with van der Waals surface area (Å²) in [5.74, 6) is -2.28. The minimum atomic E-state index is -0.692. The number of rotatable bonds is 3. The summed E-state index contributed by atoms with van der Waals surface area (Å²) in [7, 11) is 0. The third kappa shape index (κ3) is 3.29. The van der Waals surface area contributed by atoms with Crippen molar-refractivity contribution in [2.45, 2.75) is 44.7 Å². The fraction of sp³-hybridized carbons (Fsp3) is 0.364. The molecule has 1 fully saturated rings. The molecule has 5 rings (SSSR count). The molecule has 2 aliphatic rings. The van der Waals surface area contributed by atoms with E-state index in [1.807, 2.05) is 6.92 Å². The van der Waals surface area contributed by atoms with E-state index in [1.54, 1.807) is 15.7 Å². The van der Waals surface area contributed by atoms with Crippen LogP contribution in [0.15, 0.2) is 29.2 Å². The minimum Gasteiger partial charge on any atom is -0.503 e. The van der Waals surface area contributed by atoms with Crippen molar-refractivity contribution in [2.24, 2.45) is 0 Å². The summed E-state index contributed by atoms with van der Waals surface area (Å²) >= 11 is 1.09. The summed E-state index contributed by atoms with van der Waals surface area (Å²) in [4.78, 5) is 27.7. The number of carbonyl (C=O) groups excluding carboxylic acids is 1. The SMILES string of the molecule is CC1C2CCCCN2C(=O)c2c(O)c(=O)c(-c3nnc(Cc4ccc(F)cc4F)s3)cn21. The predicted molar refractivity (Wildman–Crippen MR) is 114 cm³/mol. The van der Waals surface area contributed by atoms with Gasteiger partial charge in [-0.3, -0.25) is 9.59 Å². The van der Waals surface area contributed by atoms with Gasteiger partial charge in [-0.15, -0.1) is 10.2 Å². The molecule has 2 unspecified atom stereocenters. The van der Waals surface area contributed by atoms with E-state index in [0.29, 0.717) is 11.6 Å². The van der Waals surface area contributed by atoms with Gasteiger partial charge in [-0.25, -0.2) is 8.78 Å². The highest BCUT2D eigenvalue weighted by atomic mass is 32.1. The smallest absolute Gasteiger partial charge is 0.274 e. The molecule has 0 saturated carbocycles. The zero-order valence-electron chi connectivity index (χ0n) is 17.2. The lowest BCUT2D eigenvalue weighted by molar-refractivity contribution is 0.0431. The number of hydrogen-bond acceptors (Lipinski definition) is 6. The topological polar surface area (TPSA) is 88.3 Å². The molecule has 1 aromatic carbocycles. The molecule has 166 valence electrons. The summed E-state index contributed by atoms with van der Waals surface area (Å²) < 4.78 is 28.8. The predicted octanol–water partition coefficient (Wildman–Crippen LogP) is 3.51. The van der Waals surface area contributed by atoms with Crippen LogP contribution in [0.5, 0.6) is 5.75 Å². The van der Waals surface area contributed by atoms with Crippen LogP contribution in [-0.4, -0.2) is 43.3 Å². The molecular formula is C22H20F2N4O3S. The van der Waals surface area contributed by atoms with Crippen LogP contribution in [0.2, 0.25) is 0 Å². The molecule has 0 spiro atoms. The normalized spacial score (nSPS) is 20.2. The van der Waals surface area contributed by atoms with Crippen LogP contribution >= 0.6 is 11.3 Å². The van der Waals surface area contributed by atoms with Gasteiger partial charge in [-0.05, 0) is 37.8 Å². The Hall–Kier alpha value is -3.14. The van der Waals surface area contributed by atoms with E-state index in [4.69, 9.17) is 0 Å². The fourth-order valence-electron chi connectivity index (χ4n) is 4.60. The molecule has 10 heteroatoms. The first-order valence-electron chi connectivity index (χ1n) is 10.4. The number of aromatic hydroxyl groups is 1. The Morgan fingerprint density at radius 2 is 2.03 bits per heavy atom. The van der Waals surface area contributed by atoms with Gasteiger partial charge in [0.15, 0.2) is 16.5 Å². The molecule has 7 nitrogen and oxygen atoms in total. The van der Waals surface area contributed by atoms with Gasteiger partial charge in [0.05, 0.1) is 17.6 Å². The lowest BCUT2D eigenvalue weighted by Gasteiger charge is -2.44. The largest absolute Gasteiger partial charge is 0.503 e. The second-order valence-electron chi connectivity index (χ2n) is 8.19. The summed E-state index contributed by atoms with van der Waals surface area (Å²) in [6.07, 6.45) is 4.44. The molecule has 2 aromatic heterocycles. The molecule has 2 aliphatic heterocycles. The van der Waals surface area contributed by atoms with Crippen LogP contribution < -0.4 is 5.43 Å². The Morgan fingerprint density at radius 3 is 2.81 bits per heavy atom. The van der Waals surface area contributed by atoms with Crippen LogP contribution in [0.25, 0.3) is 10.6 Å². The van der Waals surface area contributed by atoms with Gasteiger partial charge in [-0.1, -0.05) is 17.4 Å². The standard InChI is InChI=1S/C22H20F2N4O3S/c1-11-16-4-2-3-7-27(16)22(31)18-20(30)19(29)14(10-28(11)18)21-26-25-17(32-21)8-12-5-6-13(23)9-15(12)24/h5-6,9-11,16,30H,2-4,7-8H2,1H3. The lowest BCUT2D eigenvalue weighted by Crippen LogP contribution is -2.52. The van der Waals surface area contributed by atoms with Crippen LogP contribution in [0.4, 0.5) is 8.78 Å². The Bertz CT molecular complexity index is 1290. The number of amides is 1. The van der Waals surface area contributed by atoms with Crippen molar-refractivity contribution >= 4 is 17.2 Å². The number of hydrogen-bond donors (Lipinski definition) is 1. The Morgan fingerprint density at radius 1 is 1.22 bits per heavy atom. The van der Waals surface area contributed by atoms with Crippen LogP contribution in [0, 0.1) is 11.6 Å². The van der Waals surface area contributed by atoms with E-state index in [0.717, 1.165) is 36.7 Å². The molecule has 2 atom stereocenters. The van der Waals surface area contributed by atoms with Crippen LogP contribution in [-0.2, 0) is 6.42 Å². The zero-order valence-corrected chi connectivity index (χ0v) is 18.0. The summed E-state index contributed by atoms with van der Waals surface area (Å²) in [6.45, 7) is 2.58. The van der Waals surface area contributed by atoms with Crippen molar-refractivity contribution < 1.29 is 18.7 Å². The average molecular weight is 458 g/mol. The lowest BCUT2D eigenvalue weighted by atomic mass is 9.92. The van der Waals surface area contributed by atoms with Crippen molar-refractivity contribution in [1.29, 1.82) is 0 Å². The average Bonchev–Trinajstić information content (AvgIpc) is 3.24. The maximum absolute atomic E-state index is 14.0. The zero-order chi connectivity index (χ0) is 22.6. The number of piperidine rings is 1. The molecule has 1 saturated heterocycles. The van der Waals surface area contributed by atoms with Crippen LogP contribution in [0.3, 0.4) is 0 Å². The van der Waals surface area contributed by atoms with Crippen molar-refractivity contribution in [2.75, 3.05) is 6.54 Å². The summed E-state index contributed by atoms with van der Waals surface area (Å²) in [6, 6.07) is 3.20. The maximum atomic E-state index is 14.0. The van der Waals surface area contributed by atoms with Gasteiger partial charge in [0.2, 0.25) is 5.43 Å². The molecule has 0 radical (unpaired) electrons. The van der Waals surface area contributed by atoms with E-state index in [2.05, 4.69) is 10.2 Å². The van der Waals surface area contributed by atoms with Gasteiger partial charge < -0.3 is 14.6 Å². The van der Waals surface area contributed by atoms with Gasteiger partial charge in [0, 0.05) is 25.2 Å². The second kappa shape index (κ2) is 7.77. The van der Waals surface area contributed by atoms with Gasteiger partial charge >= 0.3 is 0 Å². The third-order valence-electron chi connectivity index (χ3n) is 6.27. The van der Waals surface area contributed by atoms with Crippen molar-refractivity contribution in [3.05, 3.63) is 62.5 Å². The number of fused-ring (bicyclic) bond motifs is 2. The van der Waals surface area contributed by atoms with Gasteiger partial charge in [0.1, 0.15) is 16.6 Å². The molecule has 1 amide bonds. The number of nitrogens with zero attached hydrogens (tertiary/aromatic N) is 4.